The third-order valence-corrected chi connectivity index (χ3v) is 6.42. The summed E-state index contributed by atoms with van der Waals surface area (Å²) in [6, 6.07) is 2.93. The van der Waals surface area contributed by atoms with Crippen LogP contribution in [-0.4, -0.2) is 57.5 Å². The molecule has 31 heavy (non-hydrogen) atoms. The SMILES string of the molecule is O=C(NCC1CCN(CCNS(=O)(=O)C(F)(F)F)CC1)c1cc(Br)cc(C(F)(F)F)c1. The number of piperidine rings is 1. The number of amides is 1. The van der Waals surface area contributed by atoms with E-state index in [1.807, 2.05) is 0 Å². The van der Waals surface area contributed by atoms with Crippen LogP contribution in [0, 0.1) is 5.92 Å². The van der Waals surface area contributed by atoms with Crippen molar-refractivity contribution in [2.24, 2.45) is 5.92 Å². The van der Waals surface area contributed by atoms with E-state index in [0.717, 1.165) is 12.1 Å². The first kappa shape index (κ1) is 25.9. The topological polar surface area (TPSA) is 78.5 Å². The Hall–Kier alpha value is -1.38. The molecule has 0 aliphatic carbocycles. The summed E-state index contributed by atoms with van der Waals surface area (Å²) in [6.07, 6.45) is -3.39. The number of benzene rings is 1. The van der Waals surface area contributed by atoms with Gasteiger partial charge in [0.05, 0.1) is 5.56 Å². The van der Waals surface area contributed by atoms with Gasteiger partial charge in [-0.15, -0.1) is 0 Å². The van der Waals surface area contributed by atoms with Gasteiger partial charge in [0, 0.05) is 29.7 Å². The van der Waals surface area contributed by atoms with Crippen molar-refractivity contribution >= 4 is 31.9 Å². The lowest BCUT2D eigenvalue weighted by Crippen LogP contribution is -2.44. The van der Waals surface area contributed by atoms with E-state index in [1.165, 1.54) is 10.8 Å². The summed E-state index contributed by atoms with van der Waals surface area (Å²) in [5.41, 5.74) is -6.43. The molecule has 1 amide bonds. The van der Waals surface area contributed by atoms with Gasteiger partial charge in [0.1, 0.15) is 0 Å². The molecule has 1 aromatic rings. The Kier molecular flexibility index (Phi) is 8.39. The molecule has 1 aliphatic rings. The molecule has 0 aromatic heterocycles. The molecule has 0 atom stereocenters. The molecule has 2 N–H and O–H groups in total. The van der Waals surface area contributed by atoms with Crippen LogP contribution in [0.25, 0.3) is 0 Å². The fraction of sp³-hybridized carbons (Fsp3) is 0.588. The molecule has 6 nitrogen and oxygen atoms in total. The van der Waals surface area contributed by atoms with Crippen LogP contribution >= 0.6 is 15.9 Å². The molecule has 1 heterocycles. The molecule has 1 fully saturated rings. The van der Waals surface area contributed by atoms with E-state index in [0.29, 0.717) is 25.9 Å². The van der Waals surface area contributed by atoms with E-state index in [9.17, 15) is 39.6 Å². The summed E-state index contributed by atoms with van der Waals surface area (Å²) in [7, 11) is -5.37. The van der Waals surface area contributed by atoms with Crippen LogP contribution in [0.2, 0.25) is 0 Å². The third-order valence-electron chi connectivity index (χ3n) is 4.77. The second-order valence-corrected chi connectivity index (χ2v) is 9.74. The van der Waals surface area contributed by atoms with Crippen molar-refractivity contribution in [2.75, 3.05) is 32.7 Å². The number of nitrogens with one attached hydrogen (secondary N) is 2. The van der Waals surface area contributed by atoms with E-state index in [1.54, 1.807) is 4.90 Å². The predicted molar refractivity (Wildman–Crippen MR) is 104 cm³/mol. The summed E-state index contributed by atoms with van der Waals surface area (Å²) >= 11 is 2.96. The standard InChI is InChI=1S/C17H20BrF6N3O3S/c18-14-8-12(7-13(9-14)16(19,20)21)15(28)25-10-11-1-4-27(5-2-11)6-3-26-31(29,30)17(22,23)24/h7-9,11,26H,1-6,10H2,(H,25,28). The number of hydrogen-bond acceptors (Lipinski definition) is 4. The largest absolute Gasteiger partial charge is 0.511 e. The monoisotopic (exact) mass is 539 g/mol. The molecule has 1 saturated heterocycles. The molecule has 14 heteroatoms. The summed E-state index contributed by atoms with van der Waals surface area (Å²) in [5.74, 6) is -0.600. The molecular formula is C17H20BrF6N3O3S. The number of likely N-dealkylation sites (tertiary alicyclic amines) is 1. The summed E-state index contributed by atoms with van der Waals surface area (Å²) in [5, 5.41) is 2.61. The molecule has 0 radical (unpaired) electrons. The highest BCUT2D eigenvalue weighted by atomic mass is 79.9. The van der Waals surface area contributed by atoms with Gasteiger partial charge in [-0.1, -0.05) is 15.9 Å². The minimum atomic E-state index is -5.37. The minimum absolute atomic E-state index is 0.0429. The van der Waals surface area contributed by atoms with Crippen LogP contribution in [0.3, 0.4) is 0 Å². The average Bonchev–Trinajstić information content (AvgIpc) is 2.65. The third kappa shape index (κ3) is 7.61. The molecule has 1 aliphatic heterocycles. The number of carbonyl (C=O) groups excluding carboxylic acids is 1. The number of halogens is 7. The highest BCUT2D eigenvalue weighted by molar-refractivity contribution is 9.10. The fourth-order valence-electron chi connectivity index (χ4n) is 3.06. The van der Waals surface area contributed by atoms with Crippen molar-refractivity contribution in [3.8, 4) is 0 Å². The highest BCUT2D eigenvalue weighted by Crippen LogP contribution is 2.32. The zero-order valence-electron chi connectivity index (χ0n) is 16.0. The zero-order chi connectivity index (χ0) is 23.4. The van der Waals surface area contributed by atoms with E-state index >= 15 is 0 Å². The van der Waals surface area contributed by atoms with Gasteiger partial charge in [-0.3, -0.25) is 4.79 Å². The van der Waals surface area contributed by atoms with Gasteiger partial charge in [0.15, 0.2) is 0 Å². The maximum absolute atomic E-state index is 12.9. The van der Waals surface area contributed by atoms with Crippen molar-refractivity contribution < 1.29 is 39.6 Å². The van der Waals surface area contributed by atoms with Crippen LogP contribution in [-0.2, 0) is 16.2 Å². The Bertz CT molecular complexity index is 884. The zero-order valence-corrected chi connectivity index (χ0v) is 18.4. The van der Waals surface area contributed by atoms with E-state index in [2.05, 4.69) is 21.2 Å². The molecule has 0 spiro atoms. The maximum Gasteiger partial charge on any atom is 0.511 e. The Morgan fingerprint density at radius 2 is 1.71 bits per heavy atom. The lowest BCUT2D eigenvalue weighted by Gasteiger charge is -2.32. The van der Waals surface area contributed by atoms with Gasteiger partial charge < -0.3 is 10.2 Å². The van der Waals surface area contributed by atoms with Crippen LogP contribution in [0.15, 0.2) is 22.7 Å². The van der Waals surface area contributed by atoms with Crippen LogP contribution in [0.1, 0.15) is 28.8 Å². The molecule has 176 valence electrons. The first-order valence-corrected chi connectivity index (χ1v) is 11.4. The Balaban J connectivity index is 1.77. The number of rotatable bonds is 7. The van der Waals surface area contributed by atoms with Crippen molar-refractivity contribution in [3.63, 3.8) is 0 Å². The maximum atomic E-state index is 12.9. The molecule has 0 saturated carbocycles. The lowest BCUT2D eigenvalue weighted by atomic mass is 9.96. The summed E-state index contributed by atoms with van der Waals surface area (Å²) in [6.45, 7) is 0.939. The Labute approximate surface area is 183 Å². The highest BCUT2D eigenvalue weighted by Gasteiger charge is 2.45. The molecule has 2 rings (SSSR count). The van der Waals surface area contributed by atoms with Gasteiger partial charge in [0.25, 0.3) is 5.91 Å². The average molecular weight is 540 g/mol. The first-order chi connectivity index (χ1) is 14.2. The van der Waals surface area contributed by atoms with Crippen LogP contribution in [0.5, 0.6) is 0 Å². The van der Waals surface area contributed by atoms with Gasteiger partial charge >= 0.3 is 21.7 Å². The van der Waals surface area contributed by atoms with Crippen LogP contribution in [0.4, 0.5) is 26.3 Å². The van der Waals surface area contributed by atoms with Crippen LogP contribution < -0.4 is 10.0 Å². The molecular weight excluding hydrogens is 520 g/mol. The van der Waals surface area contributed by atoms with Crippen molar-refractivity contribution in [1.29, 1.82) is 0 Å². The van der Waals surface area contributed by atoms with Crippen molar-refractivity contribution in [1.82, 2.24) is 14.9 Å². The second kappa shape index (κ2) is 10.0. The fourth-order valence-corrected chi connectivity index (χ4v) is 4.07. The van der Waals surface area contributed by atoms with E-state index in [4.69, 9.17) is 0 Å². The van der Waals surface area contributed by atoms with Gasteiger partial charge in [-0.25, -0.2) is 13.1 Å². The van der Waals surface area contributed by atoms with Crippen molar-refractivity contribution in [2.45, 2.75) is 24.5 Å². The van der Waals surface area contributed by atoms with Gasteiger partial charge in [-0.2, -0.15) is 26.3 Å². The Morgan fingerprint density at radius 1 is 1.10 bits per heavy atom. The number of nitrogens with zero attached hydrogens (tertiary/aromatic N) is 1. The minimum Gasteiger partial charge on any atom is -0.352 e. The first-order valence-electron chi connectivity index (χ1n) is 9.13. The van der Waals surface area contributed by atoms with Gasteiger partial charge in [-0.05, 0) is 50.0 Å². The number of sulfonamides is 1. The molecule has 1 aromatic carbocycles. The second-order valence-electron chi connectivity index (χ2n) is 7.06. The normalized spacial score (nSPS) is 17.0. The van der Waals surface area contributed by atoms with Crippen molar-refractivity contribution in [3.05, 3.63) is 33.8 Å². The number of alkyl halides is 6. The summed E-state index contributed by atoms with van der Waals surface area (Å²) < 4.78 is 99.0. The smallest absolute Gasteiger partial charge is 0.352 e. The quantitative estimate of drug-likeness (QED) is 0.521. The van der Waals surface area contributed by atoms with Gasteiger partial charge in [0.2, 0.25) is 0 Å². The summed E-state index contributed by atoms with van der Waals surface area (Å²) in [4.78, 5) is 14.0. The lowest BCUT2D eigenvalue weighted by molar-refractivity contribution is -0.137. The molecule has 0 unspecified atom stereocenters. The Morgan fingerprint density at radius 3 is 2.26 bits per heavy atom. The number of carbonyl (C=O) groups is 1. The van der Waals surface area contributed by atoms with E-state index in [-0.39, 0.29) is 35.6 Å². The number of hydrogen-bond donors (Lipinski definition) is 2. The predicted octanol–water partition coefficient (Wildman–Crippen LogP) is 3.35. The molecule has 0 bridgehead atoms. The van der Waals surface area contributed by atoms with E-state index < -0.39 is 33.2 Å².